The van der Waals surface area contributed by atoms with Crippen molar-refractivity contribution >= 4 is 54.6 Å². The standard InChI is InChI=1S/C64H43N5O.Pt/c1-64(2,3)41-36-61(68-56-30-13-9-25-50(56)51-26-10-14-31-57(51)68)65-62(37-41)69-58-32-15-11-27-52(58)53-35-34-44(39-60(53)69)70-43-19-16-18-42(38-43)66-40-67-55-29-12-8-24-49(55)47-22-6-4-20-45(47)46-21-5-7-23-48(46)54-28-17-33-59(66)63(54)67;/h4-37H,1-3H3;/q-2;. The minimum absolute atomic E-state index is 0. The van der Waals surface area contributed by atoms with Gasteiger partial charge in [-0.15, -0.1) is 29.7 Å². The fourth-order valence-corrected chi connectivity index (χ4v) is 10.8. The van der Waals surface area contributed by atoms with E-state index >= 15 is 0 Å². The molecule has 13 aromatic rings. The molecule has 7 heteroatoms. The molecule has 0 saturated carbocycles. The van der Waals surface area contributed by atoms with Crippen LogP contribution >= 0.6 is 0 Å². The normalized spacial score (nSPS) is 12.0. The maximum Gasteiger partial charge on any atom is 0.268 e. The number of fused-ring (bicyclic) bond motifs is 13. The first-order valence-corrected chi connectivity index (χ1v) is 23.8. The van der Waals surface area contributed by atoms with Gasteiger partial charge in [0.2, 0.25) is 0 Å². The minimum Gasteiger partial charge on any atom is -0.510 e. The van der Waals surface area contributed by atoms with Crippen molar-refractivity contribution in [3.05, 3.63) is 230 Å². The van der Waals surface area contributed by atoms with Crippen molar-refractivity contribution in [3.8, 4) is 67.9 Å². The average Bonchev–Trinajstić information content (AvgIpc) is 4.07. The summed E-state index contributed by atoms with van der Waals surface area (Å²) in [6.45, 7) is 6.78. The Balaban J connectivity index is 0.00000492. The Morgan fingerprint density at radius 1 is 0.451 bits per heavy atom. The van der Waals surface area contributed by atoms with Crippen molar-refractivity contribution in [1.29, 1.82) is 0 Å². The molecule has 0 spiro atoms. The molecule has 1 aliphatic rings. The number of ether oxygens (including phenoxy) is 1. The second-order valence-electron chi connectivity index (χ2n) is 19.2. The molecule has 6 nitrogen and oxygen atoms in total. The molecule has 0 fully saturated rings. The average molecular weight is 1090 g/mol. The number of imidazole rings is 1. The van der Waals surface area contributed by atoms with Gasteiger partial charge in [0.1, 0.15) is 11.6 Å². The van der Waals surface area contributed by atoms with E-state index in [1.165, 1.54) is 38.6 Å². The van der Waals surface area contributed by atoms with E-state index in [0.29, 0.717) is 11.5 Å². The van der Waals surface area contributed by atoms with Crippen LogP contribution in [-0.4, -0.2) is 18.7 Å². The largest absolute Gasteiger partial charge is 0.510 e. The fourth-order valence-electron chi connectivity index (χ4n) is 10.8. The smallest absolute Gasteiger partial charge is 0.268 e. The van der Waals surface area contributed by atoms with Gasteiger partial charge in [0.15, 0.2) is 0 Å². The Morgan fingerprint density at radius 3 is 1.61 bits per heavy atom. The zero-order valence-electron chi connectivity index (χ0n) is 39.1. The van der Waals surface area contributed by atoms with Gasteiger partial charge < -0.3 is 13.9 Å². The summed E-state index contributed by atoms with van der Waals surface area (Å²) in [5.74, 6) is 2.81. The summed E-state index contributed by atoms with van der Waals surface area (Å²) in [5.41, 5.74) is 16.1. The second kappa shape index (κ2) is 16.4. The van der Waals surface area contributed by atoms with Crippen LogP contribution in [-0.2, 0) is 26.5 Å². The van der Waals surface area contributed by atoms with Gasteiger partial charge >= 0.3 is 0 Å². The van der Waals surface area contributed by atoms with E-state index in [4.69, 9.17) is 9.72 Å². The Hall–Kier alpha value is -8.31. The summed E-state index contributed by atoms with van der Waals surface area (Å²) in [5, 5.41) is 4.58. The first kappa shape index (κ1) is 42.8. The van der Waals surface area contributed by atoms with Crippen LogP contribution in [0.15, 0.2) is 206 Å². The molecule has 0 bridgehead atoms. The molecule has 0 amide bonds. The predicted molar refractivity (Wildman–Crippen MR) is 283 cm³/mol. The number of benzene rings is 9. The first-order chi connectivity index (χ1) is 34.4. The molecule has 0 radical (unpaired) electrons. The monoisotopic (exact) mass is 1090 g/mol. The topological polar surface area (TPSA) is 40.8 Å². The van der Waals surface area contributed by atoms with Gasteiger partial charge in [0.05, 0.1) is 27.8 Å². The first-order valence-electron chi connectivity index (χ1n) is 23.8. The van der Waals surface area contributed by atoms with Crippen molar-refractivity contribution < 1.29 is 30.4 Å². The molecular weight excluding hydrogens is 1050 g/mol. The molecule has 71 heavy (non-hydrogen) atoms. The van der Waals surface area contributed by atoms with Gasteiger partial charge in [0.25, 0.3) is 6.33 Å². The molecule has 14 rings (SSSR count). The number of nitrogens with zero attached hydrogens (tertiary/aromatic N) is 5. The number of para-hydroxylation sites is 5. The maximum atomic E-state index is 6.79. The van der Waals surface area contributed by atoms with E-state index in [-0.39, 0.29) is 26.5 Å². The molecule has 0 atom stereocenters. The number of pyridine rings is 1. The van der Waals surface area contributed by atoms with Crippen molar-refractivity contribution in [2.75, 3.05) is 0 Å². The van der Waals surface area contributed by atoms with Crippen LogP contribution in [0.4, 0.5) is 0 Å². The Bertz CT molecular complexity index is 4230. The third kappa shape index (κ3) is 6.73. The summed E-state index contributed by atoms with van der Waals surface area (Å²) in [4.78, 5) is 5.54. The van der Waals surface area contributed by atoms with E-state index in [2.05, 4.69) is 246 Å². The Kier molecular flexibility index (Phi) is 9.88. The number of hydrogen-bond acceptors (Lipinski definition) is 2. The zero-order chi connectivity index (χ0) is 46.7. The SMILES string of the molecule is CC(C)(C)c1cc(-n2c3[c-]c(Oc4[c-]c(-n5[c-][n+]6c7c(cccc75)-c5ccccc5-c5ccccc5-c5ccccc5-6)ccc4)ccc3c3ccccc32)nc(-n2c3ccccc3c3ccccc32)c1.[Pt]. The van der Waals surface area contributed by atoms with Crippen LogP contribution in [0.3, 0.4) is 0 Å². The predicted octanol–water partition coefficient (Wildman–Crippen LogP) is 15.3. The number of hydrogen-bond donors (Lipinski definition) is 0. The van der Waals surface area contributed by atoms with Crippen molar-refractivity contribution in [2.24, 2.45) is 0 Å². The Labute approximate surface area is 425 Å². The molecule has 0 N–H and O–H groups in total. The molecule has 5 heterocycles. The van der Waals surface area contributed by atoms with E-state index in [1.54, 1.807) is 0 Å². The van der Waals surface area contributed by atoms with Crippen molar-refractivity contribution in [1.82, 2.24) is 18.7 Å². The summed E-state index contributed by atoms with van der Waals surface area (Å²) in [7, 11) is 0. The van der Waals surface area contributed by atoms with E-state index in [9.17, 15) is 0 Å². The van der Waals surface area contributed by atoms with Crippen LogP contribution < -0.4 is 9.30 Å². The van der Waals surface area contributed by atoms with Crippen molar-refractivity contribution in [2.45, 2.75) is 26.2 Å². The van der Waals surface area contributed by atoms with E-state index in [0.717, 1.165) is 78.0 Å². The molecule has 4 aromatic heterocycles. The molecule has 9 aromatic carbocycles. The van der Waals surface area contributed by atoms with Crippen LogP contribution in [0.25, 0.3) is 111 Å². The summed E-state index contributed by atoms with van der Waals surface area (Å²) >= 11 is 0. The van der Waals surface area contributed by atoms with Gasteiger partial charge in [-0.3, -0.25) is 9.13 Å². The molecule has 0 unspecified atom stereocenters. The van der Waals surface area contributed by atoms with Crippen LogP contribution in [0, 0.1) is 18.5 Å². The van der Waals surface area contributed by atoms with Gasteiger partial charge in [-0.25, -0.2) is 4.98 Å². The van der Waals surface area contributed by atoms with Gasteiger partial charge in [-0.2, -0.15) is 18.2 Å². The molecule has 1 aliphatic heterocycles. The number of rotatable bonds is 5. The second-order valence-corrected chi connectivity index (χ2v) is 19.2. The molecule has 342 valence electrons. The van der Waals surface area contributed by atoms with Gasteiger partial charge in [-0.05, 0) is 91.8 Å². The summed E-state index contributed by atoms with van der Waals surface area (Å²) in [6, 6.07) is 80.3. The van der Waals surface area contributed by atoms with Crippen LogP contribution in [0.5, 0.6) is 11.5 Å². The Morgan fingerprint density at radius 2 is 0.944 bits per heavy atom. The summed E-state index contributed by atoms with van der Waals surface area (Å²) in [6.07, 6.45) is 3.79. The van der Waals surface area contributed by atoms with Crippen molar-refractivity contribution in [3.63, 3.8) is 0 Å². The minimum atomic E-state index is -0.166. The third-order valence-electron chi connectivity index (χ3n) is 14.0. The zero-order valence-corrected chi connectivity index (χ0v) is 41.4. The van der Waals surface area contributed by atoms with Gasteiger partial charge in [0, 0.05) is 48.9 Å². The van der Waals surface area contributed by atoms with Gasteiger partial charge in [-0.1, -0.05) is 166 Å². The molecular formula is C64H43N5OPt-2. The molecule has 0 saturated heterocycles. The number of aromatic nitrogens is 5. The third-order valence-corrected chi connectivity index (χ3v) is 14.0. The quantitative estimate of drug-likeness (QED) is 0.127. The van der Waals surface area contributed by atoms with Crippen LogP contribution in [0.1, 0.15) is 26.3 Å². The molecule has 0 aliphatic carbocycles. The fraction of sp³-hybridized carbons (Fsp3) is 0.0625. The summed E-state index contributed by atoms with van der Waals surface area (Å²) < 4.78 is 15.7. The van der Waals surface area contributed by atoms with E-state index < -0.39 is 0 Å². The van der Waals surface area contributed by atoms with Crippen LogP contribution in [0.2, 0.25) is 0 Å². The maximum absolute atomic E-state index is 6.79. The van der Waals surface area contributed by atoms with E-state index in [1.807, 2.05) is 18.2 Å².